The van der Waals surface area contributed by atoms with Gasteiger partial charge in [-0.1, -0.05) is 63.4 Å². The minimum Gasteiger partial charge on any atom is -0.388 e. The van der Waals surface area contributed by atoms with Crippen LogP contribution in [0.2, 0.25) is 0 Å². The maximum atomic E-state index is 12.0. The third kappa shape index (κ3) is 4.61. The standard InChI is InChI=1S/C16H24O2/c1-3-4-5-9-12-15(17)13(2)16(18)14-10-7-6-8-11-14/h6-8,10-11,13,16,18H,3-5,9,12H2,1-2H3/t13-,16+/m1/s1. The number of hydrogen-bond acceptors (Lipinski definition) is 2. The van der Waals surface area contributed by atoms with Gasteiger partial charge >= 0.3 is 0 Å². The molecule has 0 aromatic heterocycles. The lowest BCUT2D eigenvalue weighted by Gasteiger charge is -2.18. The first-order valence-electron chi connectivity index (χ1n) is 6.92. The Hall–Kier alpha value is -1.15. The molecule has 2 atom stereocenters. The molecule has 0 spiro atoms. The summed E-state index contributed by atoms with van der Waals surface area (Å²) in [6.07, 6.45) is 4.32. The van der Waals surface area contributed by atoms with Crippen LogP contribution in [-0.4, -0.2) is 10.9 Å². The van der Waals surface area contributed by atoms with E-state index < -0.39 is 6.10 Å². The van der Waals surface area contributed by atoms with E-state index in [0.29, 0.717) is 6.42 Å². The van der Waals surface area contributed by atoms with Gasteiger partial charge in [-0.3, -0.25) is 4.79 Å². The van der Waals surface area contributed by atoms with Gasteiger partial charge in [-0.25, -0.2) is 0 Å². The zero-order valence-electron chi connectivity index (χ0n) is 11.4. The summed E-state index contributed by atoms with van der Waals surface area (Å²) in [7, 11) is 0. The van der Waals surface area contributed by atoms with E-state index in [0.717, 1.165) is 18.4 Å². The largest absolute Gasteiger partial charge is 0.388 e. The molecule has 1 aromatic carbocycles. The third-order valence-corrected chi connectivity index (χ3v) is 3.40. The summed E-state index contributed by atoms with van der Waals surface area (Å²) in [6, 6.07) is 9.42. The zero-order valence-corrected chi connectivity index (χ0v) is 11.4. The van der Waals surface area contributed by atoms with Gasteiger partial charge in [0.05, 0.1) is 6.10 Å². The van der Waals surface area contributed by atoms with Gasteiger partial charge in [-0.15, -0.1) is 0 Å². The summed E-state index contributed by atoms with van der Waals surface area (Å²) in [5.41, 5.74) is 0.826. The van der Waals surface area contributed by atoms with E-state index in [2.05, 4.69) is 6.92 Å². The van der Waals surface area contributed by atoms with Gasteiger partial charge in [0.1, 0.15) is 5.78 Å². The SMILES string of the molecule is CCCCCCC(=O)[C@@H](C)[C@H](O)c1ccccc1. The van der Waals surface area contributed by atoms with Gasteiger partial charge in [0.15, 0.2) is 0 Å². The van der Waals surface area contributed by atoms with Crippen LogP contribution in [-0.2, 0) is 4.79 Å². The quantitative estimate of drug-likeness (QED) is 0.708. The van der Waals surface area contributed by atoms with Crippen molar-refractivity contribution in [1.29, 1.82) is 0 Å². The van der Waals surface area contributed by atoms with Gasteiger partial charge < -0.3 is 5.11 Å². The number of carbonyl (C=O) groups is 1. The number of rotatable bonds is 8. The first-order chi connectivity index (χ1) is 8.66. The van der Waals surface area contributed by atoms with Crippen LogP contribution in [0.15, 0.2) is 30.3 Å². The molecule has 0 heterocycles. The van der Waals surface area contributed by atoms with Gasteiger partial charge in [0.25, 0.3) is 0 Å². The molecule has 0 aliphatic rings. The highest BCUT2D eigenvalue weighted by atomic mass is 16.3. The predicted octanol–water partition coefficient (Wildman–Crippen LogP) is 3.90. The molecule has 0 unspecified atom stereocenters. The smallest absolute Gasteiger partial charge is 0.138 e. The fourth-order valence-electron chi connectivity index (χ4n) is 2.07. The number of unbranched alkanes of at least 4 members (excludes halogenated alkanes) is 3. The average Bonchev–Trinajstić information content (AvgIpc) is 2.42. The molecule has 1 aromatic rings. The molecule has 0 aliphatic heterocycles. The van der Waals surface area contributed by atoms with Crippen LogP contribution in [0.3, 0.4) is 0 Å². The van der Waals surface area contributed by atoms with E-state index in [1.807, 2.05) is 37.3 Å². The Morgan fingerprint density at radius 1 is 1.17 bits per heavy atom. The van der Waals surface area contributed by atoms with Crippen molar-refractivity contribution < 1.29 is 9.90 Å². The maximum absolute atomic E-state index is 12.0. The van der Waals surface area contributed by atoms with Gasteiger partial charge in [-0.05, 0) is 12.0 Å². The second-order valence-corrected chi connectivity index (χ2v) is 4.92. The summed E-state index contributed by atoms with van der Waals surface area (Å²) < 4.78 is 0. The number of hydrogen-bond donors (Lipinski definition) is 1. The highest BCUT2D eigenvalue weighted by Crippen LogP contribution is 2.23. The van der Waals surface area contributed by atoms with E-state index in [1.54, 1.807) is 0 Å². The highest BCUT2D eigenvalue weighted by molar-refractivity contribution is 5.81. The first kappa shape index (κ1) is 14.9. The number of aliphatic hydroxyl groups excluding tert-OH is 1. The molecule has 2 heteroatoms. The van der Waals surface area contributed by atoms with Crippen molar-refractivity contribution in [2.45, 2.75) is 52.1 Å². The predicted molar refractivity (Wildman–Crippen MR) is 74.3 cm³/mol. The van der Waals surface area contributed by atoms with E-state index in [9.17, 15) is 9.90 Å². The molecule has 0 radical (unpaired) electrons. The molecule has 2 nitrogen and oxygen atoms in total. The second kappa shape index (κ2) is 8.04. The average molecular weight is 248 g/mol. The topological polar surface area (TPSA) is 37.3 Å². The molecule has 0 amide bonds. The van der Waals surface area contributed by atoms with Crippen molar-refractivity contribution in [3.63, 3.8) is 0 Å². The van der Waals surface area contributed by atoms with Gasteiger partial charge in [0.2, 0.25) is 0 Å². The Balaban J connectivity index is 2.43. The molecular weight excluding hydrogens is 224 g/mol. The minimum atomic E-state index is -0.676. The first-order valence-corrected chi connectivity index (χ1v) is 6.92. The minimum absolute atomic E-state index is 0.169. The number of carbonyl (C=O) groups excluding carboxylic acids is 1. The fraction of sp³-hybridized carbons (Fsp3) is 0.562. The summed E-state index contributed by atoms with van der Waals surface area (Å²) in [5.74, 6) is -0.142. The van der Waals surface area contributed by atoms with E-state index in [1.165, 1.54) is 12.8 Å². The monoisotopic (exact) mass is 248 g/mol. The zero-order chi connectivity index (χ0) is 13.4. The van der Waals surface area contributed by atoms with Crippen molar-refractivity contribution in [1.82, 2.24) is 0 Å². The molecule has 18 heavy (non-hydrogen) atoms. The lowest BCUT2D eigenvalue weighted by atomic mass is 9.91. The molecule has 1 rings (SSSR count). The lowest BCUT2D eigenvalue weighted by Crippen LogP contribution is -2.19. The Morgan fingerprint density at radius 2 is 1.83 bits per heavy atom. The van der Waals surface area contributed by atoms with Crippen molar-refractivity contribution >= 4 is 5.78 Å². The maximum Gasteiger partial charge on any atom is 0.138 e. The molecule has 1 N–H and O–H groups in total. The summed E-state index contributed by atoms with van der Waals surface area (Å²) in [6.45, 7) is 3.98. The van der Waals surface area contributed by atoms with Crippen LogP contribution in [0.1, 0.15) is 57.6 Å². The lowest BCUT2D eigenvalue weighted by molar-refractivity contribution is -0.125. The molecule has 0 saturated carbocycles. The third-order valence-electron chi connectivity index (χ3n) is 3.40. The van der Waals surface area contributed by atoms with Crippen molar-refractivity contribution in [2.75, 3.05) is 0 Å². The Kier molecular flexibility index (Phi) is 6.66. The van der Waals surface area contributed by atoms with Gasteiger partial charge in [0, 0.05) is 12.3 Å². The molecule has 100 valence electrons. The van der Waals surface area contributed by atoms with Crippen LogP contribution in [0.4, 0.5) is 0 Å². The van der Waals surface area contributed by atoms with Crippen molar-refractivity contribution in [3.8, 4) is 0 Å². The Bertz CT molecular complexity index is 345. The normalized spacial score (nSPS) is 14.2. The molecule has 0 bridgehead atoms. The second-order valence-electron chi connectivity index (χ2n) is 4.92. The van der Waals surface area contributed by atoms with Crippen LogP contribution >= 0.6 is 0 Å². The van der Waals surface area contributed by atoms with E-state index in [-0.39, 0.29) is 11.7 Å². The highest BCUT2D eigenvalue weighted by Gasteiger charge is 2.22. The molecule has 0 fully saturated rings. The number of Topliss-reactive ketones (excluding diaryl/α,β-unsaturated/α-hetero) is 1. The summed E-state index contributed by atoms with van der Waals surface area (Å²) in [5, 5.41) is 10.1. The van der Waals surface area contributed by atoms with E-state index >= 15 is 0 Å². The van der Waals surface area contributed by atoms with Gasteiger partial charge in [-0.2, -0.15) is 0 Å². The van der Waals surface area contributed by atoms with Crippen LogP contribution in [0, 0.1) is 5.92 Å². The number of benzene rings is 1. The van der Waals surface area contributed by atoms with Crippen LogP contribution in [0.25, 0.3) is 0 Å². The molecular formula is C16H24O2. The molecule has 0 saturated heterocycles. The van der Waals surface area contributed by atoms with Crippen molar-refractivity contribution in [3.05, 3.63) is 35.9 Å². The van der Waals surface area contributed by atoms with Crippen LogP contribution in [0.5, 0.6) is 0 Å². The van der Waals surface area contributed by atoms with E-state index in [4.69, 9.17) is 0 Å². The Labute approximate surface area is 110 Å². The fourth-order valence-corrected chi connectivity index (χ4v) is 2.07. The van der Waals surface area contributed by atoms with Crippen molar-refractivity contribution in [2.24, 2.45) is 5.92 Å². The number of aliphatic hydroxyl groups is 1. The Morgan fingerprint density at radius 3 is 2.44 bits per heavy atom. The summed E-state index contributed by atoms with van der Waals surface area (Å²) >= 11 is 0. The van der Waals surface area contributed by atoms with Crippen LogP contribution < -0.4 is 0 Å². The number of ketones is 1. The molecule has 0 aliphatic carbocycles. The summed E-state index contributed by atoms with van der Waals surface area (Å²) in [4.78, 5) is 12.0.